The molecule has 3 N–H and O–H groups in total. The highest BCUT2D eigenvalue weighted by molar-refractivity contribution is 5.99. The summed E-state index contributed by atoms with van der Waals surface area (Å²) < 4.78 is 4.93. The number of nitro groups is 1. The molecule has 3 rings (SSSR count). The zero-order valence-electron chi connectivity index (χ0n) is 9.08. The fraction of sp³-hybridized carbons (Fsp3) is 0. The zero-order chi connectivity index (χ0) is 12.7. The van der Waals surface area contributed by atoms with E-state index in [4.69, 9.17) is 10.2 Å². The third-order valence-corrected chi connectivity index (χ3v) is 2.69. The number of rotatable bonds is 2. The van der Waals surface area contributed by atoms with E-state index in [0.717, 1.165) is 0 Å². The Labute approximate surface area is 100 Å². The summed E-state index contributed by atoms with van der Waals surface area (Å²) in [5, 5.41) is 11.6. The lowest BCUT2D eigenvalue weighted by molar-refractivity contribution is -0.383. The number of aromatic amines is 1. The first-order chi connectivity index (χ1) is 8.66. The number of H-pyrrole nitrogens is 1. The van der Waals surface area contributed by atoms with Gasteiger partial charge in [-0.25, -0.2) is 0 Å². The van der Waals surface area contributed by atoms with Crippen LogP contribution < -0.4 is 5.73 Å². The number of para-hydroxylation sites is 1. The summed E-state index contributed by atoms with van der Waals surface area (Å²) in [5.74, 6) is 0. The summed E-state index contributed by atoms with van der Waals surface area (Å²) in [6.07, 6.45) is 3.06. The van der Waals surface area contributed by atoms with Crippen LogP contribution in [0, 0.1) is 10.1 Å². The molecule has 2 aromatic heterocycles. The minimum absolute atomic E-state index is 0.0233. The Kier molecular flexibility index (Phi) is 2.06. The molecule has 7 heteroatoms. The number of non-ortho nitro benzene ring substituents is 1. The molecule has 3 aromatic rings. The van der Waals surface area contributed by atoms with E-state index >= 15 is 0 Å². The van der Waals surface area contributed by atoms with Crippen LogP contribution >= 0.6 is 0 Å². The highest BCUT2D eigenvalue weighted by Crippen LogP contribution is 2.32. The standard InChI is InChI=1S/C11H8N4O3/c12-11-14-8(5-18-11)7-4-13-10-6(7)2-1-3-9(10)15(16)17/h1-5,13H,(H2,12,14). The van der Waals surface area contributed by atoms with Crippen molar-refractivity contribution in [3.8, 4) is 11.3 Å². The van der Waals surface area contributed by atoms with Gasteiger partial charge in [-0.05, 0) is 0 Å². The number of nitrogens with two attached hydrogens (primary N) is 1. The van der Waals surface area contributed by atoms with Crippen molar-refractivity contribution in [3.05, 3.63) is 40.8 Å². The quantitative estimate of drug-likeness (QED) is 0.530. The predicted octanol–water partition coefficient (Wildman–Crippen LogP) is 2.31. The molecule has 0 amide bonds. The van der Waals surface area contributed by atoms with Crippen LogP contribution in [0.15, 0.2) is 35.1 Å². The molecule has 7 nitrogen and oxygen atoms in total. The number of benzene rings is 1. The predicted molar refractivity (Wildman–Crippen MR) is 64.9 cm³/mol. The Morgan fingerprint density at radius 1 is 1.44 bits per heavy atom. The van der Waals surface area contributed by atoms with E-state index in [2.05, 4.69) is 9.97 Å². The normalized spacial score (nSPS) is 10.9. The number of nitrogen functional groups attached to an aromatic ring is 1. The summed E-state index contributed by atoms with van der Waals surface area (Å²) in [6, 6.07) is 4.91. The summed E-state index contributed by atoms with van der Waals surface area (Å²) >= 11 is 0. The van der Waals surface area contributed by atoms with Crippen LogP contribution in [0.3, 0.4) is 0 Å². The number of anilines is 1. The topological polar surface area (TPSA) is 111 Å². The first-order valence-corrected chi connectivity index (χ1v) is 5.12. The second kappa shape index (κ2) is 3.59. The van der Waals surface area contributed by atoms with Crippen molar-refractivity contribution in [1.82, 2.24) is 9.97 Å². The van der Waals surface area contributed by atoms with Crippen LogP contribution in [-0.4, -0.2) is 14.9 Å². The van der Waals surface area contributed by atoms with Gasteiger partial charge < -0.3 is 15.1 Å². The van der Waals surface area contributed by atoms with Crippen molar-refractivity contribution in [2.24, 2.45) is 0 Å². The Bertz CT molecular complexity index is 744. The van der Waals surface area contributed by atoms with Crippen molar-refractivity contribution in [3.63, 3.8) is 0 Å². The Hall–Kier alpha value is -2.83. The number of aromatic nitrogens is 2. The largest absolute Gasteiger partial charge is 0.432 e. The van der Waals surface area contributed by atoms with Crippen LogP contribution in [-0.2, 0) is 0 Å². The van der Waals surface area contributed by atoms with Gasteiger partial charge in [-0.3, -0.25) is 10.1 Å². The van der Waals surface area contributed by atoms with Crippen molar-refractivity contribution in [1.29, 1.82) is 0 Å². The average Bonchev–Trinajstić information content (AvgIpc) is 2.93. The second-order valence-electron chi connectivity index (χ2n) is 3.73. The number of hydrogen-bond acceptors (Lipinski definition) is 5. The third kappa shape index (κ3) is 1.41. The maximum atomic E-state index is 10.9. The van der Waals surface area contributed by atoms with Gasteiger partial charge in [-0.2, -0.15) is 4.98 Å². The molecule has 0 aliphatic carbocycles. The smallest absolute Gasteiger partial charge is 0.293 e. The monoisotopic (exact) mass is 244 g/mol. The molecular formula is C11H8N4O3. The maximum Gasteiger partial charge on any atom is 0.293 e. The Balaban J connectivity index is 2.27. The van der Waals surface area contributed by atoms with E-state index in [-0.39, 0.29) is 11.7 Å². The molecule has 0 aliphatic heterocycles. The zero-order valence-corrected chi connectivity index (χ0v) is 9.08. The number of oxazole rings is 1. The lowest BCUT2D eigenvalue weighted by atomic mass is 10.1. The van der Waals surface area contributed by atoms with Gasteiger partial charge in [0, 0.05) is 23.2 Å². The molecule has 0 radical (unpaired) electrons. The third-order valence-electron chi connectivity index (χ3n) is 2.69. The molecule has 18 heavy (non-hydrogen) atoms. The lowest BCUT2D eigenvalue weighted by Crippen LogP contribution is -1.88. The molecule has 0 bridgehead atoms. The molecule has 2 heterocycles. The first-order valence-electron chi connectivity index (χ1n) is 5.12. The van der Waals surface area contributed by atoms with Gasteiger partial charge in [0.15, 0.2) is 0 Å². The maximum absolute atomic E-state index is 10.9. The molecule has 0 atom stereocenters. The number of nitrogens with one attached hydrogen (secondary N) is 1. The Morgan fingerprint density at radius 2 is 2.28 bits per heavy atom. The molecule has 1 aromatic carbocycles. The van der Waals surface area contributed by atoms with E-state index < -0.39 is 4.92 Å². The van der Waals surface area contributed by atoms with Gasteiger partial charge in [-0.15, -0.1) is 0 Å². The van der Waals surface area contributed by atoms with E-state index in [1.807, 2.05) is 0 Å². The number of fused-ring (bicyclic) bond motifs is 1. The van der Waals surface area contributed by atoms with Gasteiger partial charge in [0.1, 0.15) is 17.5 Å². The van der Waals surface area contributed by atoms with Crippen molar-refractivity contribution in [2.75, 3.05) is 5.73 Å². The molecule has 0 saturated heterocycles. The van der Waals surface area contributed by atoms with Crippen molar-refractivity contribution in [2.45, 2.75) is 0 Å². The van der Waals surface area contributed by atoms with E-state index in [0.29, 0.717) is 22.2 Å². The van der Waals surface area contributed by atoms with E-state index in [1.54, 1.807) is 18.3 Å². The lowest BCUT2D eigenvalue weighted by Gasteiger charge is -1.94. The highest BCUT2D eigenvalue weighted by Gasteiger charge is 2.17. The Morgan fingerprint density at radius 3 is 2.94 bits per heavy atom. The molecule has 0 saturated carbocycles. The van der Waals surface area contributed by atoms with Crippen LogP contribution in [0.4, 0.5) is 11.7 Å². The summed E-state index contributed by atoms with van der Waals surface area (Å²) in [6.45, 7) is 0. The van der Waals surface area contributed by atoms with Gasteiger partial charge in [-0.1, -0.05) is 12.1 Å². The van der Waals surface area contributed by atoms with Gasteiger partial charge in [0.05, 0.1) is 4.92 Å². The van der Waals surface area contributed by atoms with Gasteiger partial charge in [0.2, 0.25) is 0 Å². The molecule has 0 unspecified atom stereocenters. The van der Waals surface area contributed by atoms with Crippen LogP contribution in [0.2, 0.25) is 0 Å². The molecule has 0 spiro atoms. The molecule has 0 aliphatic rings. The second-order valence-corrected chi connectivity index (χ2v) is 3.73. The van der Waals surface area contributed by atoms with Gasteiger partial charge in [0.25, 0.3) is 11.7 Å². The highest BCUT2D eigenvalue weighted by atomic mass is 16.6. The van der Waals surface area contributed by atoms with Crippen molar-refractivity contribution >= 4 is 22.6 Å². The average molecular weight is 244 g/mol. The fourth-order valence-corrected chi connectivity index (χ4v) is 1.91. The number of nitro benzene ring substituents is 1. The molecular weight excluding hydrogens is 236 g/mol. The van der Waals surface area contributed by atoms with Crippen LogP contribution in [0.1, 0.15) is 0 Å². The van der Waals surface area contributed by atoms with Crippen molar-refractivity contribution < 1.29 is 9.34 Å². The van der Waals surface area contributed by atoms with Crippen LogP contribution in [0.25, 0.3) is 22.2 Å². The summed E-state index contributed by atoms with van der Waals surface area (Å²) in [5.41, 5.74) is 7.15. The van der Waals surface area contributed by atoms with Gasteiger partial charge >= 0.3 is 0 Å². The SMILES string of the molecule is Nc1nc(-c2c[nH]c3c([N+](=O)[O-])cccc23)co1. The summed E-state index contributed by atoms with van der Waals surface area (Å²) in [4.78, 5) is 17.3. The minimum Gasteiger partial charge on any atom is -0.432 e. The summed E-state index contributed by atoms with van der Waals surface area (Å²) in [7, 11) is 0. The first kappa shape index (κ1) is 10.3. The fourth-order valence-electron chi connectivity index (χ4n) is 1.91. The number of nitrogens with zero attached hydrogens (tertiary/aromatic N) is 2. The molecule has 90 valence electrons. The number of hydrogen-bond donors (Lipinski definition) is 2. The minimum atomic E-state index is -0.431. The molecule has 0 fully saturated rings. The van der Waals surface area contributed by atoms with E-state index in [9.17, 15) is 10.1 Å². The van der Waals surface area contributed by atoms with Crippen LogP contribution in [0.5, 0.6) is 0 Å². The van der Waals surface area contributed by atoms with E-state index in [1.165, 1.54) is 12.3 Å².